The van der Waals surface area contributed by atoms with Gasteiger partial charge in [0.25, 0.3) is 11.7 Å². The molecule has 60 heavy (non-hydrogen) atoms. The van der Waals surface area contributed by atoms with Gasteiger partial charge in [0.05, 0.1) is 53.0 Å². The topological polar surface area (TPSA) is 220 Å². The lowest BCUT2D eigenvalue weighted by molar-refractivity contribution is -0.160. The fourth-order valence-electron chi connectivity index (χ4n) is 8.18. The van der Waals surface area contributed by atoms with Crippen LogP contribution < -0.4 is 10.1 Å². The van der Waals surface area contributed by atoms with Crippen molar-refractivity contribution in [2.24, 2.45) is 28.8 Å². The standard InChI is InChI=1S/C44H60N4O12/c1-11-47-16-18-48(19-17-47)45-21-29-34-39(54)32-31(38(29)53)33-41(27(7)37(32)52)60-44(9,42(33)55)58-20-15-30(57-10)24(4)40(59-28(8)49)26(6)36(51)25(5)35(50)22(2)13-12-14-23(3)43(56)46-34/h12-15,20-22,24-26,30,35-36,40,50-54H,11,16-19H2,1-10H3,(H,46,56)/b13-12-,20-15-,23-14-,45-21+/t22-,24+,25+,26+,30-,35-,36+,40+,44-/m0/s1. The van der Waals surface area contributed by atoms with Crippen LogP contribution in [0.3, 0.4) is 0 Å². The van der Waals surface area contributed by atoms with Crippen molar-refractivity contribution in [1.82, 2.24) is 9.91 Å². The van der Waals surface area contributed by atoms with Gasteiger partial charge in [0, 0.05) is 87.3 Å². The van der Waals surface area contributed by atoms with Gasteiger partial charge < -0.3 is 49.8 Å². The minimum atomic E-state index is -2.04. The Balaban J connectivity index is 1.70. The van der Waals surface area contributed by atoms with Crippen molar-refractivity contribution in [2.45, 2.75) is 92.5 Å². The van der Waals surface area contributed by atoms with Crippen LogP contribution in [0.15, 0.2) is 41.2 Å². The SMILES string of the molecule is CCN1CCN(/N=C/c2c3c(O)c4c(O)c(C)c5c(c4c2O)C(=O)[C@@](C)(O/C=C\[C@H](OC)[C@@H](C)[C@@H](OC(C)=O)[C@H](C)[C@H](O)[C@H](C)[C@@H](O)[C@@H](C)/C=C\C=C(\C)C(=O)N3)O5)CC1. The monoisotopic (exact) mass is 836 g/mol. The Kier molecular flexibility index (Phi) is 14.3. The van der Waals surface area contributed by atoms with E-state index in [0.717, 1.165) is 19.6 Å². The first kappa shape index (κ1) is 45.9. The molecule has 9 atom stereocenters. The number of carbonyl (C=O) groups is 3. The Bertz CT molecular complexity index is 2090. The zero-order valence-electron chi connectivity index (χ0n) is 36.1. The molecule has 0 aliphatic carbocycles. The maximum Gasteiger partial charge on any atom is 0.312 e. The second-order valence-corrected chi connectivity index (χ2v) is 16.3. The molecule has 1 saturated heterocycles. The number of rotatable bonds is 5. The number of anilines is 1. The third-order valence-corrected chi connectivity index (χ3v) is 12.2. The van der Waals surface area contributed by atoms with Crippen LogP contribution in [0.2, 0.25) is 0 Å². The molecule has 4 aliphatic rings. The number of phenols is 3. The molecule has 1 amide bonds. The van der Waals surface area contributed by atoms with Crippen LogP contribution in [-0.2, 0) is 23.8 Å². The van der Waals surface area contributed by atoms with Crippen molar-refractivity contribution in [1.29, 1.82) is 0 Å². The van der Waals surface area contributed by atoms with E-state index >= 15 is 0 Å². The van der Waals surface area contributed by atoms with Gasteiger partial charge in [-0.05, 0) is 26.5 Å². The van der Waals surface area contributed by atoms with E-state index in [1.807, 2.05) is 0 Å². The number of phenolic OH excluding ortho intramolecular Hbond substituents is 3. The third-order valence-electron chi connectivity index (χ3n) is 12.2. The predicted molar refractivity (Wildman–Crippen MR) is 225 cm³/mol. The molecule has 16 nitrogen and oxygen atoms in total. The van der Waals surface area contributed by atoms with Gasteiger partial charge in [-0.15, -0.1) is 0 Å². The van der Waals surface area contributed by atoms with Gasteiger partial charge in [-0.25, -0.2) is 0 Å². The third kappa shape index (κ3) is 8.97. The molecule has 0 unspecified atom stereocenters. The lowest BCUT2D eigenvalue weighted by Crippen LogP contribution is -2.46. The summed E-state index contributed by atoms with van der Waals surface area (Å²) in [4.78, 5) is 42.8. The van der Waals surface area contributed by atoms with Crippen LogP contribution in [0.25, 0.3) is 10.8 Å². The van der Waals surface area contributed by atoms with Crippen molar-refractivity contribution >= 4 is 40.3 Å². The summed E-state index contributed by atoms with van der Waals surface area (Å²) in [5.74, 6) is -8.33. The molecular weight excluding hydrogens is 776 g/mol. The molecule has 0 radical (unpaired) electrons. The zero-order chi connectivity index (χ0) is 44.4. The van der Waals surface area contributed by atoms with Gasteiger partial charge in [0.1, 0.15) is 23.4 Å². The molecular formula is C44H60N4O12. The van der Waals surface area contributed by atoms with Crippen molar-refractivity contribution in [3.63, 3.8) is 0 Å². The van der Waals surface area contributed by atoms with Gasteiger partial charge in [0.15, 0.2) is 5.75 Å². The number of likely N-dealkylation sites (N-methyl/N-ethyl adjacent to an activating group) is 1. The molecule has 0 spiro atoms. The Morgan fingerprint density at radius 2 is 1.63 bits per heavy atom. The Morgan fingerprint density at radius 1 is 0.967 bits per heavy atom. The number of piperazine rings is 1. The van der Waals surface area contributed by atoms with Gasteiger partial charge in [-0.3, -0.25) is 24.3 Å². The number of nitrogens with zero attached hydrogens (tertiary/aromatic N) is 3. The van der Waals surface area contributed by atoms with E-state index in [0.29, 0.717) is 13.1 Å². The largest absolute Gasteiger partial charge is 0.507 e. The number of benzene rings is 2. The summed E-state index contributed by atoms with van der Waals surface area (Å²) < 4.78 is 23.6. The van der Waals surface area contributed by atoms with Gasteiger partial charge in [0.2, 0.25) is 0 Å². The molecule has 4 heterocycles. The van der Waals surface area contributed by atoms with Crippen LogP contribution in [0.5, 0.6) is 23.0 Å². The van der Waals surface area contributed by atoms with E-state index in [1.165, 1.54) is 59.4 Å². The number of amides is 1. The molecule has 0 saturated carbocycles. The molecule has 0 aromatic heterocycles. The number of methoxy groups -OCH3 is 1. The lowest BCUT2D eigenvalue weighted by atomic mass is 9.78. The molecule has 2 aromatic carbocycles. The number of Topliss-reactive ketones (excluding diaryl/α,β-unsaturated/α-hetero) is 1. The van der Waals surface area contributed by atoms with Crippen LogP contribution >= 0.6 is 0 Å². The van der Waals surface area contributed by atoms with E-state index < -0.39 is 88.8 Å². The van der Waals surface area contributed by atoms with E-state index in [9.17, 15) is 39.9 Å². The van der Waals surface area contributed by atoms with E-state index in [2.05, 4.69) is 22.2 Å². The normalized spacial score (nSPS) is 31.7. The molecule has 6 N–H and O–H groups in total. The Labute approximate surface area is 350 Å². The van der Waals surface area contributed by atoms with Crippen molar-refractivity contribution in [2.75, 3.05) is 45.2 Å². The number of fused-ring (bicyclic) bond motifs is 14. The van der Waals surface area contributed by atoms with Crippen LogP contribution in [0, 0.1) is 30.6 Å². The number of aliphatic hydroxyl groups excluding tert-OH is 2. The quantitative estimate of drug-likeness (QED) is 0.104. The smallest absolute Gasteiger partial charge is 0.312 e. The molecule has 5 bridgehead atoms. The van der Waals surface area contributed by atoms with Crippen molar-refractivity contribution in [3.05, 3.63) is 52.8 Å². The van der Waals surface area contributed by atoms with Gasteiger partial charge in [-0.1, -0.05) is 52.8 Å². The first-order chi connectivity index (χ1) is 28.3. The van der Waals surface area contributed by atoms with Crippen LogP contribution in [0.1, 0.15) is 76.9 Å². The maximum atomic E-state index is 14.5. The van der Waals surface area contributed by atoms with Crippen LogP contribution in [-0.4, -0.2) is 129 Å². The summed E-state index contributed by atoms with van der Waals surface area (Å²) in [5, 5.41) is 67.0. The number of ketones is 1. The van der Waals surface area contributed by atoms with Crippen LogP contribution in [0.4, 0.5) is 5.69 Å². The summed E-state index contributed by atoms with van der Waals surface area (Å²) >= 11 is 0. The molecule has 16 heteroatoms. The summed E-state index contributed by atoms with van der Waals surface area (Å²) in [6, 6.07) is 0. The van der Waals surface area contributed by atoms with Crippen molar-refractivity contribution < 1.29 is 58.9 Å². The van der Waals surface area contributed by atoms with E-state index in [-0.39, 0.29) is 44.5 Å². The van der Waals surface area contributed by atoms with E-state index in [1.54, 1.807) is 44.9 Å². The first-order valence-electron chi connectivity index (χ1n) is 20.4. The van der Waals surface area contributed by atoms with Gasteiger partial charge in [-0.2, -0.15) is 5.10 Å². The number of nitrogens with one attached hydrogen (secondary N) is 1. The predicted octanol–water partition coefficient (Wildman–Crippen LogP) is 4.73. The van der Waals surface area contributed by atoms with E-state index in [4.69, 9.17) is 18.9 Å². The number of allylic oxidation sites excluding steroid dienone is 2. The second-order valence-electron chi connectivity index (χ2n) is 16.3. The summed E-state index contributed by atoms with van der Waals surface area (Å²) in [6.07, 6.45) is 4.88. The highest BCUT2D eigenvalue weighted by Crippen LogP contribution is 2.55. The number of carbonyl (C=O) groups excluding carboxylic acids is 3. The molecule has 4 aliphatic heterocycles. The number of hydrazone groups is 1. The number of hydrogen-bond acceptors (Lipinski definition) is 15. The summed E-state index contributed by atoms with van der Waals surface area (Å²) in [6.45, 7) is 18.1. The number of esters is 1. The summed E-state index contributed by atoms with van der Waals surface area (Å²) in [7, 11) is 1.44. The fourth-order valence-corrected chi connectivity index (χ4v) is 8.18. The van der Waals surface area contributed by atoms with Gasteiger partial charge >= 0.3 is 11.8 Å². The summed E-state index contributed by atoms with van der Waals surface area (Å²) in [5.41, 5.74) is -0.339. The fraction of sp³-hybridized carbons (Fsp3) is 0.545. The zero-order valence-corrected chi connectivity index (χ0v) is 36.1. The highest BCUT2D eigenvalue weighted by atomic mass is 16.7. The maximum absolute atomic E-state index is 14.5. The van der Waals surface area contributed by atoms with Crippen molar-refractivity contribution in [3.8, 4) is 23.0 Å². The molecule has 1 fully saturated rings. The second kappa shape index (κ2) is 18.6. The number of aliphatic hydroxyl groups is 2. The Hall–Kier alpha value is -5.16. The highest BCUT2D eigenvalue weighted by molar-refractivity contribution is 6.23. The minimum absolute atomic E-state index is 0.0572. The first-order valence-corrected chi connectivity index (χ1v) is 20.4. The molecule has 2 aromatic rings. The number of aromatic hydroxyl groups is 3. The molecule has 328 valence electrons. The average molecular weight is 837 g/mol. The number of ether oxygens (including phenoxy) is 4. The Morgan fingerprint density at radius 3 is 2.25 bits per heavy atom. The lowest BCUT2D eigenvalue weighted by Gasteiger charge is -2.38. The average Bonchev–Trinajstić information content (AvgIpc) is 3.49. The minimum Gasteiger partial charge on any atom is -0.507 e. The number of hydrogen-bond donors (Lipinski definition) is 6. The molecule has 6 rings (SSSR count). The highest BCUT2D eigenvalue weighted by Gasteiger charge is 2.50.